The fourth-order valence-corrected chi connectivity index (χ4v) is 2.31. The van der Waals surface area contributed by atoms with E-state index in [1.807, 2.05) is 18.2 Å². The maximum Gasteiger partial charge on any atom is 0.357 e. The molecule has 0 aliphatic carbocycles. The van der Waals surface area contributed by atoms with E-state index in [-0.39, 0.29) is 11.6 Å². The maximum absolute atomic E-state index is 11.8. The standard InChI is InChI=1S/C13H15NO3/c1-13-9-14(8-7-11(13)16-13)17-12(15)10-5-3-2-4-6-10/h2-6,11H,7-9H2,1H3. The SMILES string of the molecule is CC12CN(OC(=O)c3ccccc3)CCC1O2. The van der Waals surface area contributed by atoms with Gasteiger partial charge >= 0.3 is 5.97 Å². The first-order chi connectivity index (χ1) is 8.17. The van der Waals surface area contributed by atoms with Crippen molar-refractivity contribution < 1.29 is 14.4 Å². The smallest absolute Gasteiger partial charge is 0.357 e. The monoisotopic (exact) mass is 233 g/mol. The molecule has 0 saturated carbocycles. The lowest BCUT2D eigenvalue weighted by molar-refractivity contribution is -0.123. The molecule has 0 radical (unpaired) electrons. The van der Waals surface area contributed by atoms with Crippen LogP contribution in [0.3, 0.4) is 0 Å². The first kappa shape index (κ1) is 10.7. The number of epoxide rings is 1. The molecule has 2 fully saturated rings. The van der Waals surface area contributed by atoms with Crippen molar-refractivity contribution in [3.63, 3.8) is 0 Å². The molecule has 0 N–H and O–H groups in total. The lowest BCUT2D eigenvalue weighted by Gasteiger charge is -2.26. The number of hydrogen-bond donors (Lipinski definition) is 0. The predicted octanol–water partition coefficient (Wildman–Crippen LogP) is 1.62. The number of hydrogen-bond acceptors (Lipinski definition) is 4. The van der Waals surface area contributed by atoms with Gasteiger partial charge in [0.1, 0.15) is 5.60 Å². The van der Waals surface area contributed by atoms with Crippen LogP contribution in [0.2, 0.25) is 0 Å². The number of benzene rings is 1. The van der Waals surface area contributed by atoms with E-state index in [1.165, 1.54) is 0 Å². The molecule has 2 atom stereocenters. The van der Waals surface area contributed by atoms with Gasteiger partial charge in [0.05, 0.1) is 18.2 Å². The summed E-state index contributed by atoms with van der Waals surface area (Å²) in [4.78, 5) is 17.2. The number of hydroxylamine groups is 2. The van der Waals surface area contributed by atoms with Crippen molar-refractivity contribution in [2.45, 2.75) is 25.0 Å². The molecule has 4 nitrogen and oxygen atoms in total. The van der Waals surface area contributed by atoms with Gasteiger partial charge in [-0.1, -0.05) is 18.2 Å². The third kappa shape index (κ3) is 2.06. The Balaban J connectivity index is 1.62. The van der Waals surface area contributed by atoms with Crippen LogP contribution in [0.4, 0.5) is 0 Å². The Morgan fingerprint density at radius 3 is 2.94 bits per heavy atom. The average molecular weight is 233 g/mol. The Labute approximate surface area is 100 Å². The van der Waals surface area contributed by atoms with Gasteiger partial charge in [-0.25, -0.2) is 4.79 Å². The highest BCUT2D eigenvalue weighted by Gasteiger charge is 2.56. The van der Waals surface area contributed by atoms with Gasteiger partial charge in [-0.05, 0) is 25.5 Å². The van der Waals surface area contributed by atoms with Crippen LogP contribution in [0, 0.1) is 0 Å². The Morgan fingerprint density at radius 1 is 1.47 bits per heavy atom. The highest BCUT2D eigenvalue weighted by Crippen LogP contribution is 2.42. The van der Waals surface area contributed by atoms with Crippen LogP contribution in [0.15, 0.2) is 30.3 Å². The summed E-state index contributed by atoms with van der Waals surface area (Å²) in [5, 5.41) is 1.71. The molecule has 4 heteroatoms. The van der Waals surface area contributed by atoms with E-state index in [0.29, 0.717) is 18.2 Å². The van der Waals surface area contributed by atoms with Crippen LogP contribution < -0.4 is 0 Å². The third-order valence-corrected chi connectivity index (χ3v) is 3.39. The first-order valence-corrected chi connectivity index (χ1v) is 5.87. The second kappa shape index (κ2) is 3.82. The summed E-state index contributed by atoms with van der Waals surface area (Å²) in [6.45, 7) is 3.47. The van der Waals surface area contributed by atoms with E-state index in [2.05, 4.69) is 6.92 Å². The molecular formula is C13H15NO3. The van der Waals surface area contributed by atoms with Gasteiger partial charge in [0.25, 0.3) is 0 Å². The Hall–Kier alpha value is -1.39. The van der Waals surface area contributed by atoms with E-state index < -0.39 is 0 Å². The number of nitrogens with zero attached hydrogens (tertiary/aromatic N) is 1. The van der Waals surface area contributed by atoms with Crippen molar-refractivity contribution in [3.8, 4) is 0 Å². The van der Waals surface area contributed by atoms with Gasteiger partial charge in [-0.3, -0.25) is 0 Å². The van der Waals surface area contributed by atoms with E-state index in [4.69, 9.17) is 9.57 Å². The number of rotatable bonds is 2. The molecule has 0 spiro atoms. The lowest BCUT2D eigenvalue weighted by Crippen LogP contribution is -2.41. The second-order valence-corrected chi connectivity index (χ2v) is 4.82. The minimum Gasteiger partial charge on any atom is -0.365 e. The summed E-state index contributed by atoms with van der Waals surface area (Å²) in [5.74, 6) is -0.298. The summed E-state index contributed by atoms with van der Waals surface area (Å²) < 4.78 is 5.55. The number of carbonyl (C=O) groups is 1. The number of carbonyl (C=O) groups excluding carboxylic acids is 1. The van der Waals surface area contributed by atoms with Crippen molar-refractivity contribution in [1.82, 2.24) is 5.06 Å². The number of ether oxygens (including phenoxy) is 1. The van der Waals surface area contributed by atoms with Crippen molar-refractivity contribution in [3.05, 3.63) is 35.9 Å². The maximum atomic E-state index is 11.8. The van der Waals surface area contributed by atoms with E-state index >= 15 is 0 Å². The Morgan fingerprint density at radius 2 is 2.24 bits per heavy atom. The van der Waals surface area contributed by atoms with Crippen LogP contribution >= 0.6 is 0 Å². The normalized spacial score (nSPS) is 31.7. The fourth-order valence-electron chi connectivity index (χ4n) is 2.31. The summed E-state index contributed by atoms with van der Waals surface area (Å²) in [5.41, 5.74) is 0.478. The van der Waals surface area contributed by atoms with E-state index in [9.17, 15) is 4.79 Å². The van der Waals surface area contributed by atoms with Crippen LogP contribution in [-0.2, 0) is 9.57 Å². The largest absolute Gasteiger partial charge is 0.365 e. The van der Waals surface area contributed by atoms with Gasteiger partial charge in [0.2, 0.25) is 0 Å². The van der Waals surface area contributed by atoms with Crippen LogP contribution in [0.25, 0.3) is 0 Å². The second-order valence-electron chi connectivity index (χ2n) is 4.82. The van der Waals surface area contributed by atoms with Crippen LogP contribution in [0.1, 0.15) is 23.7 Å². The van der Waals surface area contributed by atoms with Gasteiger partial charge < -0.3 is 9.57 Å². The van der Waals surface area contributed by atoms with Crippen molar-refractivity contribution in [2.75, 3.05) is 13.1 Å². The zero-order valence-electron chi connectivity index (χ0n) is 9.76. The van der Waals surface area contributed by atoms with Gasteiger partial charge in [0.15, 0.2) is 0 Å². The molecule has 2 aliphatic heterocycles. The quantitative estimate of drug-likeness (QED) is 0.728. The molecule has 0 aromatic heterocycles. The zero-order chi connectivity index (χ0) is 11.9. The van der Waals surface area contributed by atoms with E-state index in [0.717, 1.165) is 13.0 Å². The highest BCUT2D eigenvalue weighted by atomic mass is 16.7. The van der Waals surface area contributed by atoms with Crippen LogP contribution in [-0.4, -0.2) is 35.8 Å². The molecular weight excluding hydrogens is 218 g/mol. The average Bonchev–Trinajstić information content (AvgIpc) is 3.01. The van der Waals surface area contributed by atoms with Gasteiger partial charge in [0, 0.05) is 6.54 Å². The summed E-state index contributed by atoms with van der Waals surface area (Å²) in [7, 11) is 0. The Kier molecular flexibility index (Phi) is 2.42. The first-order valence-electron chi connectivity index (χ1n) is 5.87. The molecule has 2 aliphatic rings. The lowest BCUT2D eigenvalue weighted by atomic mass is 10.0. The van der Waals surface area contributed by atoms with Crippen molar-refractivity contribution in [1.29, 1.82) is 0 Å². The number of fused-ring (bicyclic) bond motifs is 1. The minimum atomic E-state index is -0.298. The predicted molar refractivity (Wildman–Crippen MR) is 61.3 cm³/mol. The highest BCUT2D eigenvalue weighted by molar-refractivity contribution is 5.89. The van der Waals surface area contributed by atoms with Gasteiger partial charge in [-0.2, -0.15) is 0 Å². The molecule has 1 aromatic carbocycles. The van der Waals surface area contributed by atoms with Gasteiger partial charge in [-0.15, -0.1) is 5.06 Å². The molecule has 2 unspecified atom stereocenters. The molecule has 2 saturated heterocycles. The van der Waals surface area contributed by atoms with E-state index in [1.54, 1.807) is 17.2 Å². The fraction of sp³-hybridized carbons (Fsp3) is 0.462. The molecule has 90 valence electrons. The van der Waals surface area contributed by atoms with Crippen molar-refractivity contribution in [2.24, 2.45) is 0 Å². The summed E-state index contributed by atoms with van der Waals surface area (Å²) in [6.07, 6.45) is 1.28. The topological polar surface area (TPSA) is 42.1 Å². The third-order valence-electron chi connectivity index (χ3n) is 3.39. The molecule has 3 rings (SSSR count). The zero-order valence-corrected chi connectivity index (χ0v) is 9.76. The molecule has 0 bridgehead atoms. The summed E-state index contributed by atoms with van der Waals surface area (Å²) in [6, 6.07) is 9.04. The minimum absolute atomic E-state index is 0.102. The molecule has 17 heavy (non-hydrogen) atoms. The summed E-state index contributed by atoms with van der Waals surface area (Å²) >= 11 is 0. The molecule has 1 aromatic rings. The van der Waals surface area contributed by atoms with Crippen molar-refractivity contribution >= 4 is 5.97 Å². The van der Waals surface area contributed by atoms with Crippen LogP contribution in [0.5, 0.6) is 0 Å². The number of piperidine rings is 1. The molecule has 0 amide bonds. The Bertz CT molecular complexity index is 434. The molecule has 2 heterocycles.